The van der Waals surface area contributed by atoms with E-state index < -0.39 is 0 Å². The number of carbonyl (C=O) groups is 1. The fourth-order valence-corrected chi connectivity index (χ4v) is 3.12. The Morgan fingerprint density at radius 3 is 2.33 bits per heavy atom. The molecular formula is C18H28N2O. The van der Waals surface area contributed by atoms with Gasteiger partial charge in [0.2, 0.25) is 0 Å². The Kier molecular flexibility index (Phi) is 4.72. The van der Waals surface area contributed by atoms with Gasteiger partial charge in [-0.15, -0.1) is 0 Å². The van der Waals surface area contributed by atoms with Crippen molar-refractivity contribution < 1.29 is 4.79 Å². The molecule has 1 aromatic carbocycles. The van der Waals surface area contributed by atoms with Crippen LogP contribution in [0.25, 0.3) is 0 Å². The van der Waals surface area contributed by atoms with Crippen molar-refractivity contribution in [2.24, 2.45) is 11.7 Å². The summed E-state index contributed by atoms with van der Waals surface area (Å²) in [7, 11) is 0. The number of nitrogens with zero attached hydrogens (tertiary/aromatic N) is 1. The van der Waals surface area contributed by atoms with Gasteiger partial charge in [0.15, 0.2) is 0 Å². The average Bonchev–Trinajstić information content (AvgIpc) is 2.45. The van der Waals surface area contributed by atoms with Crippen LogP contribution in [-0.4, -0.2) is 29.9 Å². The van der Waals surface area contributed by atoms with Gasteiger partial charge in [0.25, 0.3) is 5.91 Å². The maximum atomic E-state index is 12.8. The summed E-state index contributed by atoms with van der Waals surface area (Å²) in [4.78, 5) is 14.8. The molecule has 116 valence electrons. The van der Waals surface area contributed by atoms with Gasteiger partial charge >= 0.3 is 0 Å². The van der Waals surface area contributed by atoms with E-state index in [1.165, 1.54) is 0 Å². The molecule has 3 nitrogen and oxygen atoms in total. The van der Waals surface area contributed by atoms with Gasteiger partial charge in [-0.3, -0.25) is 4.79 Å². The van der Waals surface area contributed by atoms with E-state index in [0.29, 0.717) is 5.92 Å². The second-order valence-corrected chi connectivity index (χ2v) is 7.28. The lowest BCUT2D eigenvalue weighted by molar-refractivity contribution is 0.0678. The third-order valence-corrected chi connectivity index (χ3v) is 4.54. The highest BCUT2D eigenvalue weighted by atomic mass is 16.2. The first-order valence-corrected chi connectivity index (χ1v) is 7.95. The molecule has 0 bridgehead atoms. The van der Waals surface area contributed by atoms with Gasteiger partial charge in [-0.25, -0.2) is 0 Å². The SMILES string of the molecule is CC(N)C1CCN(C(=O)c2ccccc2C(C)(C)C)CC1. The van der Waals surface area contributed by atoms with Crippen LogP contribution in [0.5, 0.6) is 0 Å². The van der Waals surface area contributed by atoms with Crippen LogP contribution in [0.1, 0.15) is 56.5 Å². The van der Waals surface area contributed by atoms with Crippen LogP contribution in [0.15, 0.2) is 24.3 Å². The van der Waals surface area contributed by atoms with Gasteiger partial charge in [-0.2, -0.15) is 0 Å². The van der Waals surface area contributed by atoms with Crippen LogP contribution in [-0.2, 0) is 5.41 Å². The summed E-state index contributed by atoms with van der Waals surface area (Å²) >= 11 is 0. The molecule has 0 saturated carbocycles. The highest BCUT2D eigenvalue weighted by molar-refractivity contribution is 5.96. The van der Waals surface area contributed by atoms with Crippen molar-refractivity contribution in [2.45, 2.75) is 52.0 Å². The van der Waals surface area contributed by atoms with E-state index in [0.717, 1.165) is 37.1 Å². The lowest BCUT2D eigenvalue weighted by Crippen LogP contribution is -2.43. The number of likely N-dealkylation sites (tertiary alicyclic amines) is 1. The fraction of sp³-hybridized carbons (Fsp3) is 0.611. The quantitative estimate of drug-likeness (QED) is 0.908. The largest absolute Gasteiger partial charge is 0.339 e. The van der Waals surface area contributed by atoms with E-state index in [-0.39, 0.29) is 17.4 Å². The molecule has 1 fully saturated rings. The van der Waals surface area contributed by atoms with E-state index >= 15 is 0 Å². The minimum absolute atomic E-state index is 0.0175. The highest BCUT2D eigenvalue weighted by Gasteiger charge is 2.28. The van der Waals surface area contributed by atoms with Crippen molar-refractivity contribution >= 4 is 5.91 Å². The molecule has 1 unspecified atom stereocenters. The molecule has 1 amide bonds. The molecule has 1 heterocycles. The number of amides is 1. The molecule has 2 N–H and O–H groups in total. The summed E-state index contributed by atoms with van der Waals surface area (Å²) < 4.78 is 0. The van der Waals surface area contributed by atoms with Gasteiger partial charge in [-0.05, 0) is 42.7 Å². The van der Waals surface area contributed by atoms with Crippen molar-refractivity contribution in [2.75, 3.05) is 13.1 Å². The van der Waals surface area contributed by atoms with Gasteiger partial charge in [0, 0.05) is 24.7 Å². The van der Waals surface area contributed by atoms with Gasteiger partial charge in [0.05, 0.1) is 0 Å². The standard InChI is InChI=1S/C18H28N2O/c1-13(19)14-9-11-20(12-10-14)17(21)15-7-5-6-8-16(15)18(2,3)4/h5-8,13-14H,9-12,19H2,1-4H3. The summed E-state index contributed by atoms with van der Waals surface area (Å²) in [5, 5.41) is 0. The van der Waals surface area contributed by atoms with Crippen molar-refractivity contribution in [3.05, 3.63) is 35.4 Å². The Bertz CT molecular complexity index is 494. The van der Waals surface area contributed by atoms with E-state index in [9.17, 15) is 4.79 Å². The molecule has 2 rings (SSSR count). The third kappa shape index (κ3) is 3.65. The number of hydrogen-bond donors (Lipinski definition) is 1. The summed E-state index contributed by atoms with van der Waals surface area (Å²) in [6.45, 7) is 10.2. The molecule has 0 aliphatic carbocycles. The molecular weight excluding hydrogens is 260 g/mol. The van der Waals surface area contributed by atoms with Crippen LogP contribution in [0, 0.1) is 5.92 Å². The zero-order valence-electron chi connectivity index (χ0n) is 13.7. The van der Waals surface area contributed by atoms with Crippen molar-refractivity contribution in [3.63, 3.8) is 0 Å². The second kappa shape index (κ2) is 6.18. The summed E-state index contributed by atoms with van der Waals surface area (Å²) in [6.07, 6.45) is 2.03. The van der Waals surface area contributed by atoms with E-state index in [4.69, 9.17) is 5.73 Å². The fourth-order valence-electron chi connectivity index (χ4n) is 3.12. The number of piperidine rings is 1. The van der Waals surface area contributed by atoms with E-state index in [1.54, 1.807) is 0 Å². The number of carbonyl (C=O) groups excluding carboxylic acids is 1. The Balaban J connectivity index is 2.15. The Labute approximate surface area is 128 Å². The van der Waals surface area contributed by atoms with Crippen LogP contribution in [0.3, 0.4) is 0 Å². The topological polar surface area (TPSA) is 46.3 Å². The normalized spacial score (nSPS) is 18.6. The molecule has 0 spiro atoms. The first-order valence-electron chi connectivity index (χ1n) is 7.95. The molecule has 1 aliphatic rings. The van der Waals surface area contributed by atoms with Gasteiger partial charge in [0.1, 0.15) is 0 Å². The monoisotopic (exact) mass is 288 g/mol. The Morgan fingerprint density at radius 1 is 1.24 bits per heavy atom. The van der Waals surface area contributed by atoms with E-state index in [1.807, 2.05) is 23.1 Å². The predicted molar refractivity (Wildman–Crippen MR) is 87.4 cm³/mol. The summed E-state index contributed by atoms with van der Waals surface area (Å²) in [5.74, 6) is 0.718. The molecule has 1 aliphatic heterocycles. The highest BCUT2D eigenvalue weighted by Crippen LogP contribution is 2.28. The Morgan fingerprint density at radius 2 is 1.81 bits per heavy atom. The zero-order chi connectivity index (χ0) is 15.6. The molecule has 0 radical (unpaired) electrons. The first kappa shape index (κ1) is 16.0. The molecule has 0 aromatic heterocycles. The predicted octanol–water partition coefficient (Wildman–Crippen LogP) is 3.18. The number of hydrogen-bond acceptors (Lipinski definition) is 2. The van der Waals surface area contributed by atoms with Crippen LogP contribution < -0.4 is 5.73 Å². The van der Waals surface area contributed by atoms with Crippen molar-refractivity contribution in [1.82, 2.24) is 4.90 Å². The van der Waals surface area contributed by atoms with Crippen LogP contribution >= 0.6 is 0 Å². The van der Waals surface area contributed by atoms with Crippen molar-refractivity contribution in [1.29, 1.82) is 0 Å². The number of nitrogens with two attached hydrogens (primary N) is 1. The maximum Gasteiger partial charge on any atom is 0.254 e. The molecule has 1 aromatic rings. The lowest BCUT2D eigenvalue weighted by Gasteiger charge is -2.34. The summed E-state index contributed by atoms with van der Waals surface area (Å²) in [6, 6.07) is 8.23. The third-order valence-electron chi connectivity index (χ3n) is 4.54. The molecule has 1 saturated heterocycles. The minimum Gasteiger partial charge on any atom is -0.339 e. The summed E-state index contributed by atoms with van der Waals surface area (Å²) in [5.41, 5.74) is 7.94. The van der Waals surface area contributed by atoms with Crippen molar-refractivity contribution in [3.8, 4) is 0 Å². The minimum atomic E-state index is -0.0175. The Hall–Kier alpha value is -1.35. The van der Waals surface area contributed by atoms with Gasteiger partial charge < -0.3 is 10.6 Å². The van der Waals surface area contributed by atoms with E-state index in [2.05, 4.69) is 33.8 Å². The first-order chi connectivity index (χ1) is 9.80. The maximum absolute atomic E-state index is 12.8. The zero-order valence-corrected chi connectivity index (χ0v) is 13.7. The molecule has 1 atom stereocenters. The lowest BCUT2D eigenvalue weighted by atomic mass is 9.83. The smallest absolute Gasteiger partial charge is 0.254 e. The second-order valence-electron chi connectivity index (χ2n) is 7.28. The average molecular weight is 288 g/mol. The van der Waals surface area contributed by atoms with Crippen LogP contribution in [0.2, 0.25) is 0 Å². The molecule has 21 heavy (non-hydrogen) atoms. The van der Waals surface area contributed by atoms with Crippen LogP contribution in [0.4, 0.5) is 0 Å². The van der Waals surface area contributed by atoms with Gasteiger partial charge in [-0.1, -0.05) is 39.0 Å². The number of rotatable bonds is 2. The molecule has 3 heteroatoms. The number of benzene rings is 1.